The third kappa shape index (κ3) is 12.0. The predicted octanol–water partition coefficient (Wildman–Crippen LogP) is 5.73. The van der Waals surface area contributed by atoms with Crippen molar-refractivity contribution in [1.82, 2.24) is 0 Å². The first-order chi connectivity index (χ1) is 11.8. The fourth-order valence-corrected chi connectivity index (χ4v) is 3.18. The van der Waals surface area contributed by atoms with Gasteiger partial charge in [0.05, 0.1) is 12.5 Å². The molecule has 0 heterocycles. The molecule has 1 aromatic carbocycles. The molecule has 0 aliphatic carbocycles. The number of esters is 1. The molecule has 0 bridgehead atoms. The van der Waals surface area contributed by atoms with Gasteiger partial charge in [-0.1, -0.05) is 101 Å². The van der Waals surface area contributed by atoms with Gasteiger partial charge in [0.25, 0.3) is 0 Å². The minimum atomic E-state index is -0.0970. The third-order valence-electron chi connectivity index (χ3n) is 4.62. The molecule has 0 saturated heterocycles. The van der Waals surface area contributed by atoms with Crippen molar-refractivity contribution in [2.24, 2.45) is 0 Å². The van der Waals surface area contributed by atoms with Gasteiger partial charge in [-0.2, -0.15) is 0 Å². The summed E-state index contributed by atoms with van der Waals surface area (Å²) >= 11 is 0. The van der Waals surface area contributed by atoms with Crippen molar-refractivity contribution in [3.8, 4) is 0 Å². The normalized spacial score (nSPS) is 11.6. The monoisotopic (exact) mass is 374 g/mol. The van der Waals surface area contributed by atoms with Crippen molar-refractivity contribution in [2.75, 3.05) is 6.61 Å². The summed E-state index contributed by atoms with van der Waals surface area (Å²) in [5.41, 5.74) is 1.09. The molecule has 25 heavy (non-hydrogen) atoms. The maximum atomic E-state index is 12.2. The molecule has 1 rings (SSSR count). The molecule has 0 radical (unpaired) electrons. The summed E-state index contributed by atoms with van der Waals surface area (Å²) in [5.74, 6) is -0.167. The molecule has 0 aromatic heterocycles. The number of unbranched alkanes of at least 4 members (excludes halogenated alkanes) is 9. The fraction of sp³-hybridized carbons (Fsp3) is 0.682. The van der Waals surface area contributed by atoms with Crippen LogP contribution in [0.5, 0.6) is 0 Å². The van der Waals surface area contributed by atoms with E-state index in [-0.39, 0.29) is 49.6 Å². The van der Waals surface area contributed by atoms with Crippen LogP contribution in [0.1, 0.15) is 96.0 Å². The van der Waals surface area contributed by atoms with Gasteiger partial charge in [0.15, 0.2) is 0 Å². The molecule has 0 saturated carbocycles. The Morgan fingerprint density at radius 2 is 1.36 bits per heavy atom. The summed E-state index contributed by atoms with van der Waals surface area (Å²) in [4.78, 5) is 12.2. The Kier molecular flexibility index (Phi) is 17.3. The molecule has 0 fully saturated rings. The third-order valence-corrected chi connectivity index (χ3v) is 4.62. The van der Waals surface area contributed by atoms with Crippen LogP contribution in [0.15, 0.2) is 30.3 Å². The summed E-state index contributed by atoms with van der Waals surface area (Å²) < 4.78 is 5.26. The first-order valence-electron chi connectivity index (χ1n) is 10.0. The Hall–Kier alpha value is -0.0503. The van der Waals surface area contributed by atoms with Gasteiger partial charge in [-0.15, -0.1) is 0 Å². The van der Waals surface area contributed by atoms with Crippen LogP contribution in [-0.2, 0) is 9.53 Å². The molecule has 1 unspecified atom stereocenters. The van der Waals surface area contributed by atoms with Crippen molar-refractivity contribution in [3.63, 3.8) is 0 Å². The summed E-state index contributed by atoms with van der Waals surface area (Å²) in [6, 6.07) is 10.1. The quantitative estimate of drug-likeness (QED) is 0.236. The Bertz CT molecular complexity index is 419. The number of ether oxygens (including phenoxy) is 1. The van der Waals surface area contributed by atoms with Crippen LogP contribution in [-0.4, -0.2) is 50.3 Å². The number of carbonyl (C=O) groups is 1. The first kappa shape index (κ1) is 24.9. The summed E-state index contributed by atoms with van der Waals surface area (Å²) in [5, 5.41) is 0. The Morgan fingerprint density at radius 3 is 1.88 bits per heavy atom. The molecule has 1 aromatic rings. The van der Waals surface area contributed by atoms with Crippen LogP contribution >= 0.6 is 0 Å². The van der Waals surface area contributed by atoms with E-state index in [2.05, 4.69) is 6.92 Å². The van der Waals surface area contributed by atoms with E-state index in [1.807, 2.05) is 37.3 Å². The molecular weight excluding hydrogens is 336 g/mol. The van der Waals surface area contributed by atoms with Crippen LogP contribution in [0, 0.1) is 0 Å². The second-order valence-electron chi connectivity index (χ2n) is 6.69. The second kappa shape index (κ2) is 17.4. The Labute approximate surface area is 185 Å². The predicted molar refractivity (Wildman–Crippen MR) is 111 cm³/mol. The summed E-state index contributed by atoms with van der Waals surface area (Å²) in [6.45, 7) is 4.60. The van der Waals surface area contributed by atoms with E-state index in [0.717, 1.165) is 18.4 Å². The molecule has 3 heteroatoms. The van der Waals surface area contributed by atoms with Crippen molar-refractivity contribution in [3.05, 3.63) is 35.9 Å². The van der Waals surface area contributed by atoms with E-state index >= 15 is 0 Å². The van der Waals surface area contributed by atoms with Gasteiger partial charge in [0.1, 0.15) is 0 Å². The van der Waals surface area contributed by atoms with Crippen molar-refractivity contribution >= 4 is 43.7 Å². The average molecular weight is 375 g/mol. The molecule has 0 aliphatic rings. The average Bonchev–Trinajstić information content (AvgIpc) is 2.60. The Morgan fingerprint density at radius 1 is 0.840 bits per heavy atom. The van der Waals surface area contributed by atoms with Crippen LogP contribution < -0.4 is 0 Å². The van der Waals surface area contributed by atoms with E-state index in [9.17, 15) is 4.79 Å². The number of carbonyl (C=O) groups excluding carboxylic acids is 1. The SMILES string of the molecule is CCCCCCCCCCCCC(C(=O)OCC)c1ccccc1.[CaH2]. The first-order valence-corrected chi connectivity index (χ1v) is 10.0. The number of hydrogen-bond acceptors (Lipinski definition) is 2. The molecule has 1 atom stereocenters. The maximum absolute atomic E-state index is 12.2. The van der Waals surface area contributed by atoms with Gasteiger partial charge in [-0.3, -0.25) is 4.79 Å². The molecular formula is C22H38CaO2. The molecule has 140 valence electrons. The van der Waals surface area contributed by atoms with E-state index in [1.54, 1.807) is 0 Å². The zero-order chi connectivity index (χ0) is 17.5. The zero-order valence-electron chi connectivity index (χ0n) is 15.8. The van der Waals surface area contributed by atoms with Gasteiger partial charge < -0.3 is 4.74 Å². The van der Waals surface area contributed by atoms with E-state index < -0.39 is 0 Å². The summed E-state index contributed by atoms with van der Waals surface area (Å²) in [7, 11) is 0. The fourth-order valence-electron chi connectivity index (χ4n) is 3.18. The molecule has 0 aliphatic heterocycles. The van der Waals surface area contributed by atoms with E-state index in [1.165, 1.54) is 57.8 Å². The van der Waals surface area contributed by atoms with Gasteiger partial charge in [0, 0.05) is 0 Å². The van der Waals surface area contributed by atoms with Gasteiger partial charge in [0.2, 0.25) is 0 Å². The van der Waals surface area contributed by atoms with Gasteiger partial charge in [-0.25, -0.2) is 0 Å². The van der Waals surface area contributed by atoms with E-state index in [0.29, 0.717) is 6.61 Å². The van der Waals surface area contributed by atoms with Crippen LogP contribution in [0.4, 0.5) is 0 Å². The standard InChI is InChI=1S/C22H36O2.Ca.2H/c1-3-5-6-7-8-9-10-11-12-16-19-21(22(23)24-4-2)20-17-14-13-15-18-20;;;/h13-15,17-18,21H,3-12,16,19H2,1-2H3;;;. The number of benzene rings is 1. The van der Waals surface area contributed by atoms with Gasteiger partial charge in [-0.05, 0) is 18.9 Å². The number of hydrogen-bond donors (Lipinski definition) is 0. The Balaban J connectivity index is 0.00000576. The molecule has 0 N–H and O–H groups in total. The minimum absolute atomic E-state index is 0. The van der Waals surface area contributed by atoms with Crippen LogP contribution in [0.2, 0.25) is 0 Å². The van der Waals surface area contributed by atoms with E-state index in [4.69, 9.17) is 4.74 Å². The van der Waals surface area contributed by atoms with Crippen molar-refractivity contribution in [1.29, 1.82) is 0 Å². The van der Waals surface area contributed by atoms with Crippen LogP contribution in [0.3, 0.4) is 0 Å². The topological polar surface area (TPSA) is 26.3 Å². The van der Waals surface area contributed by atoms with Crippen molar-refractivity contribution < 1.29 is 9.53 Å². The summed E-state index contributed by atoms with van der Waals surface area (Å²) in [6.07, 6.45) is 14.1. The van der Waals surface area contributed by atoms with Crippen molar-refractivity contribution in [2.45, 2.75) is 90.4 Å². The number of rotatable bonds is 14. The zero-order valence-corrected chi connectivity index (χ0v) is 15.8. The van der Waals surface area contributed by atoms with Crippen LogP contribution in [0.25, 0.3) is 0 Å². The molecule has 0 amide bonds. The molecule has 2 nitrogen and oxygen atoms in total. The second-order valence-corrected chi connectivity index (χ2v) is 6.69. The molecule has 0 spiro atoms. The van der Waals surface area contributed by atoms with Gasteiger partial charge >= 0.3 is 43.7 Å².